The maximum Gasteiger partial charge on any atom is 0.0701 e. The summed E-state index contributed by atoms with van der Waals surface area (Å²) in [6.45, 7) is 0. The third kappa shape index (κ3) is 1.77. The van der Waals surface area contributed by atoms with Gasteiger partial charge in [-0.1, -0.05) is 24.3 Å². The van der Waals surface area contributed by atoms with Crippen molar-refractivity contribution in [1.82, 2.24) is 4.98 Å². The van der Waals surface area contributed by atoms with Crippen LogP contribution in [0.25, 0.3) is 10.9 Å². The SMILES string of the molecule is [Pb].c1ccc2ncccc2c1. The predicted molar refractivity (Wildman–Crippen MR) is 47.5 cm³/mol. The minimum Gasteiger partial charge on any atom is -0.256 e. The van der Waals surface area contributed by atoms with E-state index in [1.54, 1.807) is 0 Å². The summed E-state index contributed by atoms with van der Waals surface area (Å²) in [6.07, 6.45) is 1.81. The summed E-state index contributed by atoms with van der Waals surface area (Å²) < 4.78 is 0. The number of aromatic nitrogens is 1. The molecule has 0 saturated carbocycles. The van der Waals surface area contributed by atoms with Crippen LogP contribution >= 0.6 is 0 Å². The number of nitrogens with zero attached hydrogens (tertiary/aromatic N) is 1. The fraction of sp³-hybridized carbons (Fsp3) is 0. The molecule has 0 amide bonds. The number of pyridine rings is 1. The van der Waals surface area contributed by atoms with Crippen LogP contribution in [-0.2, 0) is 0 Å². The van der Waals surface area contributed by atoms with Crippen molar-refractivity contribution < 1.29 is 0 Å². The van der Waals surface area contributed by atoms with Crippen molar-refractivity contribution in [3.05, 3.63) is 42.6 Å². The molecule has 11 heavy (non-hydrogen) atoms. The molecule has 2 rings (SSSR count). The Morgan fingerprint density at radius 3 is 2.45 bits per heavy atom. The van der Waals surface area contributed by atoms with Gasteiger partial charge in [0.25, 0.3) is 0 Å². The molecule has 0 aliphatic rings. The molecule has 0 unspecified atom stereocenters. The fourth-order valence-electron chi connectivity index (χ4n) is 1.02. The Morgan fingerprint density at radius 1 is 0.909 bits per heavy atom. The average molecular weight is 336 g/mol. The Balaban J connectivity index is 0.000000605. The largest absolute Gasteiger partial charge is 0.256 e. The zero-order chi connectivity index (χ0) is 6.81. The molecule has 0 aliphatic heterocycles. The smallest absolute Gasteiger partial charge is 0.0701 e. The zero-order valence-corrected chi connectivity index (χ0v) is 9.88. The van der Waals surface area contributed by atoms with Gasteiger partial charge < -0.3 is 0 Å². The molecule has 0 aliphatic carbocycles. The van der Waals surface area contributed by atoms with E-state index < -0.39 is 0 Å². The number of hydrogen-bond donors (Lipinski definition) is 0. The first-order valence-corrected chi connectivity index (χ1v) is 3.26. The number of fused-ring (bicyclic) bond motifs is 1. The summed E-state index contributed by atoms with van der Waals surface area (Å²) in [5, 5.41) is 1.20. The monoisotopic (exact) mass is 337 g/mol. The summed E-state index contributed by atoms with van der Waals surface area (Å²) in [4.78, 5) is 4.18. The molecule has 0 N–H and O–H groups in total. The number of benzene rings is 1. The van der Waals surface area contributed by atoms with Gasteiger partial charge in [0.15, 0.2) is 0 Å². The summed E-state index contributed by atoms with van der Waals surface area (Å²) in [5.74, 6) is 0. The van der Waals surface area contributed by atoms with Crippen LogP contribution in [0.2, 0.25) is 0 Å². The van der Waals surface area contributed by atoms with Gasteiger partial charge in [-0.2, -0.15) is 0 Å². The van der Waals surface area contributed by atoms with Crippen LogP contribution in [0, 0.1) is 0 Å². The number of rotatable bonds is 0. The molecule has 1 heterocycles. The molecule has 0 bridgehead atoms. The van der Waals surface area contributed by atoms with Crippen molar-refractivity contribution >= 4 is 38.2 Å². The van der Waals surface area contributed by atoms with E-state index in [0.29, 0.717) is 0 Å². The first kappa shape index (κ1) is 8.65. The third-order valence-corrected chi connectivity index (χ3v) is 1.51. The van der Waals surface area contributed by atoms with Crippen LogP contribution < -0.4 is 0 Å². The van der Waals surface area contributed by atoms with Crippen molar-refractivity contribution in [3.63, 3.8) is 0 Å². The van der Waals surface area contributed by atoms with E-state index in [-0.39, 0.29) is 27.3 Å². The first-order chi connectivity index (χ1) is 4.97. The minimum atomic E-state index is 0. The molecule has 52 valence electrons. The second-order valence-corrected chi connectivity index (χ2v) is 2.20. The standard InChI is InChI=1S/C9H7N.Pb/c1-2-6-9-8(4-1)5-3-7-10-9;/h1-7H;. The Labute approximate surface area is 85.6 Å². The van der Waals surface area contributed by atoms with E-state index in [4.69, 9.17) is 0 Å². The van der Waals surface area contributed by atoms with Gasteiger partial charge in [0.2, 0.25) is 0 Å². The van der Waals surface area contributed by atoms with Crippen LogP contribution in [0.1, 0.15) is 0 Å². The van der Waals surface area contributed by atoms with Gasteiger partial charge >= 0.3 is 0 Å². The van der Waals surface area contributed by atoms with E-state index in [1.807, 2.05) is 30.5 Å². The molecule has 0 atom stereocenters. The van der Waals surface area contributed by atoms with E-state index in [9.17, 15) is 0 Å². The van der Waals surface area contributed by atoms with Gasteiger partial charge in [-0.3, -0.25) is 4.98 Å². The normalized spacial score (nSPS) is 9.09. The van der Waals surface area contributed by atoms with E-state index in [0.717, 1.165) is 5.52 Å². The average Bonchev–Trinajstić information content (AvgIpc) is 2.05. The number of hydrogen-bond acceptors (Lipinski definition) is 1. The van der Waals surface area contributed by atoms with Crippen molar-refractivity contribution in [2.45, 2.75) is 0 Å². The molecular formula is C9H7NPb. The molecule has 2 aromatic rings. The van der Waals surface area contributed by atoms with Crippen LogP contribution in [0.4, 0.5) is 0 Å². The molecule has 1 nitrogen and oxygen atoms in total. The van der Waals surface area contributed by atoms with E-state index in [1.165, 1.54) is 5.39 Å². The van der Waals surface area contributed by atoms with Gasteiger partial charge in [-0.05, 0) is 12.1 Å². The van der Waals surface area contributed by atoms with Gasteiger partial charge in [0.1, 0.15) is 0 Å². The van der Waals surface area contributed by atoms with E-state index in [2.05, 4.69) is 17.1 Å². The maximum atomic E-state index is 4.18. The molecular weight excluding hydrogens is 329 g/mol. The van der Waals surface area contributed by atoms with Crippen molar-refractivity contribution in [2.24, 2.45) is 0 Å². The van der Waals surface area contributed by atoms with Crippen LogP contribution in [0.3, 0.4) is 0 Å². The van der Waals surface area contributed by atoms with Gasteiger partial charge in [-0.25, -0.2) is 0 Å². The van der Waals surface area contributed by atoms with Gasteiger partial charge in [-0.15, -0.1) is 0 Å². The molecule has 4 radical (unpaired) electrons. The topological polar surface area (TPSA) is 12.9 Å². The van der Waals surface area contributed by atoms with Gasteiger partial charge in [0, 0.05) is 38.9 Å². The predicted octanol–water partition coefficient (Wildman–Crippen LogP) is 1.85. The van der Waals surface area contributed by atoms with Crippen molar-refractivity contribution in [2.75, 3.05) is 0 Å². The van der Waals surface area contributed by atoms with Crippen LogP contribution in [0.5, 0.6) is 0 Å². The molecule has 0 saturated heterocycles. The summed E-state index contributed by atoms with van der Waals surface area (Å²) in [7, 11) is 0. The minimum absolute atomic E-state index is 0. The van der Waals surface area contributed by atoms with Crippen molar-refractivity contribution in [3.8, 4) is 0 Å². The molecule has 0 fully saturated rings. The summed E-state index contributed by atoms with van der Waals surface area (Å²) >= 11 is 0. The van der Waals surface area contributed by atoms with Crippen LogP contribution in [0.15, 0.2) is 42.6 Å². The fourth-order valence-corrected chi connectivity index (χ4v) is 1.02. The molecule has 1 aromatic carbocycles. The third-order valence-electron chi connectivity index (χ3n) is 1.51. The Bertz CT molecular complexity index is 281. The first-order valence-electron chi connectivity index (χ1n) is 3.26. The Morgan fingerprint density at radius 2 is 1.64 bits per heavy atom. The van der Waals surface area contributed by atoms with Gasteiger partial charge in [0.05, 0.1) is 5.52 Å². The molecule has 1 aromatic heterocycles. The summed E-state index contributed by atoms with van der Waals surface area (Å²) in [5.41, 5.74) is 1.06. The Hall–Kier alpha value is -0.448. The maximum absolute atomic E-state index is 4.18. The second kappa shape index (κ2) is 3.80. The van der Waals surface area contributed by atoms with Crippen LogP contribution in [-0.4, -0.2) is 32.3 Å². The molecule has 2 heteroatoms. The molecule has 0 spiro atoms. The van der Waals surface area contributed by atoms with Crippen molar-refractivity contribution in [1.29, 1.82) is 0 Å². The second-order valence-electron chi connectivity index (χ2n) is 2.20. The summed E-state index contributed by atoms with van der Waals surface area (Å²) in [6, 6.07) is 12.1. The quantitative estimate of drug-likeness (QED) is 0.669. The Kier molecular flexibility index (Phi) is 2.99. The zero-order valence-electron chi connectivity index (χ0n) is 5.99. The van der Waals surface area contributed by atoms with E-state index >= 15 is 0 Å². The number of para-hydroxylation sites is 1.